The number of halogens is 1. The molecule has 0 bridgehead atoms. The first-order chi connectivity index (χ1) is 14.3. The van der Waals surface area contributed by atoms with E-state index in [0.717, 1.165) is 70.8 Å². The van der Waals surface area contributed by atoms with Crippen LogP contribution in [0.4, 0.5) is 10.8 Å². The lowest BCUT2D eigenvalue weighted by atomic mass is 10.2. The van der Waals surface area contributed by atoms with Gasteiger partial charge in [0.15, 0.2) is 5.96 Å². The topological polar surface area (TPSA) is 56.2 Å². The Morgan fingerprint density at radius 1 is 1.10 bits per heavy atom. The van der Waals surface area contributed by atoms with Crippen molar-refractivity contribution in [3.05, 3.63) is 41.4 Å². The maximum Gasteiger partial charge on any atom is 0.194 e. The summed E-state index contributed by atoms with van der Waals surface area (Å²) in [6.07, 6.45) is 1.87. The highest BCUT2D eigenvalue weighted by atomic mass is 127. The number of aliphatic imine (C=N–C) groups is 1. The molecule has 0 radical (unpaired) electrons. The number of nitrogens with one attached hydrogen (secondary N) is 1. The standard InChI is InChI=1S/C21H30N6OS.HI/c1-2-22-21(27-10-8-25(9-11-27)19-6-4-16-29-19)24-17-18-5-3-7-23-20(18)26-12-14-28-15-13-26;/h3-7,16H,2,8-15,17H2,1H3,(H,22,24);1H. The summed E-state index contributed by atoms with van der Waals surface area (Å²) in [7, 11) is 0. The lowest BCUT2D eigenvalue weighted by molar-refractivity contribution is 0.122. The lowest BCUT2D eigenvalue weighted by Crippen LogP contribution is -2.52. The van der Waals surface area contributed by atoms with Crippen LogP contribution in [-0.2, 0) is 11.3 Å². The van der Waals surface area contributed by atoms with Crippen molar-refractivity contribution in [3.63, 3.8) is 0 Å². The fourth-order valence-corrected chi connectivity index (χ4v) is 4.57. The van der Waals surface area contributed by atoms with Gasteiger partial charge in [-0.2, -0.15) is 0 Å². The molecule has 9 heteroatoms. The molecule has 7 nitrogen and oxygen atoms in total. The summed E-state index contributed by atoms with van der Waals surface area (Å²) in [5.41, 5.74) is 1.17. The van der Waals surface area contributed by atoms with Gasteiger partial charge in [-0.05, 0) is 30.5 Å². The predicted octanol–water partition coefficient (Wildman–Crippen LogP) is 2.89. The number of ether oxygens (including phenoxy) is 1. The SMILES string of the molecule is CCNC(=NCc1cccnc1N1CCOCC1)N1CCN(c2cccs2)CC1.I. The Morgan fingerprint density at radius 2 is 1.90 bits per heavy atom. The van der Waals surface area contributed by atoms with Crippen LogP contribution in [-0.4, -0.2) is 74.9 Å². The van der Waals surface area contributed by atoms with Gasteiger partial charge in [0.25, 0.3) is 0 Å². The summed E-state index contributed by atoms with van der Waals surface area (Å²) in [6.45, 7) is 10.9. The van der Waals surface area contributed by atoms with Crippen molar-refractivity contribution in [1.29, 1.82) is 0 Å². The van der Waals surface area contributed by atoms with Crippen LogP contribution in [0, 0.1) is 0 Å². The van der Waals surface area contributed by atoms with E-state index in [1.54, 1.807) is 0 Å². The summed E-state index contributed by atoms with van der Waals surface area (Å²) < 4.78 is 5.49. The minimum Gasteiger partial charge on any atom is -0.378 e. The second-order valence-corrected chi connectivity index (χ2v) is 8.11. The molecule has 2 aromatic heterocycles. The van der Waals surface area contributed by atoms with Crippen molar-refractivity contribution in [1.82, 2.24) is 15.2 Å². The van der Waals surface area contributed by atoms with E-state index in [2.05, 4.69) is 55.5 Å². The Kier molecular flexibility index (Phi) is 9.01. The Hall–Kier alpha value is -1.59. The molecule has 0 aromatic carbocycles. The summed E-state index contributed by atoms with van der Waals surface area (Å²) in [4.78, 5) is 16.7. The van der Waals surface area contributed by atoms with E-state index in [1.807, 2.05) is 23.6 Å². The van der Waals surface area contributed by atoms with Crippen LogP contribution in [0.2, 0.25) is 0 Å². The number of hydrogen-bond acceptors (Lipinski definition) is 6. The van der Waals surface area contributed by atoms with Crippen LogP contribution in [0.1, 0.15) is 12.5 Å². The van der Waals surface area contributed by atoms with Gasteiger partial charge in [0.2, 0.25) is 0 Å². The first-order valence-corrected chi connectivity index (χ1v) is 11.3. The summed E-state index contributed by atoms with van der Waals surface area (Å²) in [6, 6.07) is 8.47. The highest BCUT2D eigenvalue weighted by Crippen LogP contribution is 2.23. The average Bonchev–Trinajstić information content (AvgIpc) is 3.33. The number of thiophene rings is 1. The Bertz CT molecular complexity index is 789. The molecule has 0 aliphatic carbocycles. The van der Waals surface area contributed by atoms with Gasteiger partial charge < -0.3 is 24.8 Å². The molecule has 1 N–H and O–H groups in total. The van der Waals surface area contributed by atoms with Crippen molar-refractivity contribution in [2.75, 3.05) is 68.8 Å². The van der Waals surface area contributed by atoms with Crippen LogP contribution in [0.5, 0.6) is 0 Å². The van der Waals surface area contributed by atoms with Gasteiger partial charge in [-0.25, -0.2) is 9.98 Å². The highest BCUT2D eigenvalue weighted by molar-refractivity contribution is 14.0. The molecule has 2 aliphatic heterocycles. The van der Waals surface area contributed by atoms with Gasteiger partial charge >= 0.3 is 0 Å². The third-order valence-corrected chi connectivity index (χ3v) is 6.24. The minimum atomic E-state index is 0. The van der Waals surface area contributed by atoms with Crippen molar-refractivity contribution in [3.8, 4) is 0 Å². The van der Waals surface area contributed by atoms with Gasteiger partial charge in [0, 0.05) is 57.6 Å². The van der Waals surface area contributed by atoms with Crippen LogP contribution in [0.3, 0.4) is 0 Å². The van der Waals surface area contributed by atoms with Gasteiger partial charge in [0.05, 0.1) is 24.8 Å². The molecular formula is C21H31IN6OS. The normalized spacial score (nSPS) is 17.6. The zero-order valence-electron chi connectivity index (χ0n) is 17.5. The van der Waals surface area contributed by atoms with Crippen molar-refractivity contribution in [2.24, 2.45) is 4.99 Å². The maximum atomic E-state index is 5.49. The Labute approximate surface area is 200 Å². The molecule has 0 atom stereocenters. The Morgan fingerprint density at radius 3 is 2.60 bits per heavy atom. The summed E-state index contributed by atoms with van der Waals surface area (Å²) >= 11 is 1.81. The third kappa shape index (κ3) is 5.76. The highest BCUT2D eigenvalue weighted by Gasteiger charge is 2.21. The molecule has 0 amide bonds. The van der Waals surface area contributed by atoms with Gasteiger partial charge in [-0.15, -0.1) is 35.3 Å². The molecule has 0 spiro atoms. The van der Waals surface area contributed by atoms with Crippen LogP contribution in [0.15, 0.2) is 40.8 Å². The lowest BCUT2D eigenvalue weighted by Gasteiger charge is -2.37. The maximum absolute atomic E-state index is 5.49. The quantitative estimate of drug-likeness (QED) is 0.357. The minimum absolute atomic E-state index is 0. The van der Waals surface area contributed by atoms with Crippen molar-refractivity contribution >= 4 is 52.1 Å². The van der Waals surface area contributed by atoms with Crippen LogP contribution >= 0.6 is 35.3 Å². The van der Waals surface area contributed by atoms with Gasteiger partial charge in [-0.1, -0.05) is 6.07 Å². The molecule has 2 aliphatic rings. The number of guanidine groups is 1. The number of anilines is 2. The average molecular weight is 542 g/mol. The fraction of sp³-hybridized carbons (Fsp3) is 0.524. The van der Waals surface area contributed by atoms with Crippen molar-refractivity contribution in [2.45, 2.75) is 13.5 Å². The number of pyridine rings is 1. The molecule has 0 saturated carbocycles. The number of aromatic nitrogens is 1. The number of rotatable bonds is 5. The first kappa shape index (κ1) is 23.1. The molecule has 2 aromatic rings. The second kappa shape index (κ2) is 11.7. The van der Waals surface area contributed by atoms with E-state index >= 15 is 0 Å². The predicted molar refractivity (Wildman–Crippen MR) is 136 cm³/mol. The summed E-state index contributed by atoms with van der Waals surface area (Å²) in [5.74, 6) is 2.04. The largest absolute Gasteiger partial charge is 0.378 e. The second-order valence-electron chi connectivity index (χ2n) is 7.18. The molecule has 4 rings (SSSR count). The zero-order chi connectivity index (χ0) is 19.9. The number of nitrogens with zero attached hydrogens (tertiary/aromatic N) is 5. The molecular weight excluding hydrogens is 511 g/mol. The molecule has 0 unspecified atom stereocenters. The van der Waals surface area contributed by atoms with E-state index in [0.29, 0.717) is 6.54 Å². The third-order valence-electron chi connectivity index (χ3n) is 5.31. The van der Waals surface area contributed by atoms with E-state index in [-0.39, 0.29) is 24.0 Å². The van der Waals surface area contributed by atoms with Crippen LogP contribution < -0.4 is 15.1 Å². The summed E-state index contributed by atoms with van der Waals surface area (Å²) in [5, 5.41) is 6.98. The molecule has 2 fully saturated rings. The van der Waals surface area contributed by atoms with Crippen LogP contribution in [0.25, 0.3) is 0 Å². The molecule has 4 heterocycles. The molecule has 2 saturated heterocycles. The van der Waals surface area contributed by atoms with E-state index < -0.39 is 0 Å². The van der Waals surface area contributed by atoms with E-state index in [9.17, 15) is 0 Å². The van der Waals surface area contributed by atoms with Crippen molar-refractivity contribution < 1.29 is 4.74 Å². The van der Waals surface area contributed by atoms with Gasteiger partial charge in [-0.3, -0.25) is 0 Å². The van der Waals surface area contributed by atoms with Gasteiger partial charge in [0.1, 0.15) is 5.82 Å². The Balaban J connectivity index is 0.00000256. The number of piperazine rings is 1. The first-order valence-electron chi connectivity index (χ1n) is 10.4. The molecule has 30 heavy (non-hydrogen) atoms. The van der Waals surface area contributed by atoms with E-state index in [1.165, 1.54) is 10.6 Å². The zero-order valence-corrected chi connectivity index (χ0v) is 20.6. The smallest absolute Gasteiger partial charge is 0.194 e. The number of hydrogen-bond donors (Lipinski definition) is 1. The van der Waals surface area contributed by atoms with E-state index in [4.69, 9.17) is 9.73 Å². The monoisotopic (exact) mass is 542 g/mol. The fourth-order valence-electron chi connectivity index (χ4n) is 3.79. The molecule has 164 valence electrons. The number of morpholine rings is 1.